The van der Waals surface area contributed by atoms with Gasteiger partial charge in [-0.15, -0.1) is 0 Å². The lowest BCUT2D eigenvalue weighted by Gasteiger charge is -2.11. The van der Waals surface area contributed by atoms with E-state index in [1.54, 1.807) is 19.1 Å². The maximum Gasteiger partial charge on any atom is 0.138 e. The highest BCUT2D eigenvalue weighted by Crippen LogP contribution is 2.28. The van der Waals surface area contributed by atoms with Crippen LogP contribution in [0.3, 0.4) is 0 Å². The smallest absolute Gasteiger partial charge is 0.138 e. The Hall–Kier alpha value is -1.03. The lowest BCUT2D eigenvalue weighted by molar-refractivity contribution is 0.199. The van der Waals surface area contributed by atoms with Crippen LogP contribution in [0.2, 0.25) is 5.02 Å². The summed E-state index contributed by atoms with van der Waals surface area (Å²) in [7, 11) is 0. The van der Waals surface area contributed by atoms with Gasteiger partial charge < -0.3 is 9.84 Å². The quantitative estimate of drug-likeness (QED) is 0.870. The van der Waals surface area contributed by atoms with E-state index in [-0.39, 0.29) is 0 Å². The van der Waals surface area contributed by atoms with E-state index in [0.29, 0.717) is 17.4 Å². The maximum absolute atomic E-state index is 9.47. The molecule has 0 fully saturated rings. The van der Waals surface area contributed by atoms with Crippen LogP contribution in [-0.2, 0) is 6.61 Å². The van der Waals surface area contributed by atoms with E-state index in [2.05, 4.69) is 15.9 Å². The Morgan fingerprint density at radius 3 is 2.47 bits per heavy atom. The maximum atomic E-state index is 9.47. The zero-order valence-electron chi connectivity index (χ0n) is 10.4. The Bertz CT molecular complexity index is 553. The first-order valence-electron chi connectivity index (χ1n) is 5.91. The van der Waals surface area contributed by atoms with Crippen LogP contribution >= 0.6 is 27.5 Å². The van der Waals surface area contributed by atoms with Crippen LogP contribution < -0.4 is 4.74 Å². The predicted molar refractivity (Wildman–Crippen MR) is 80.6 cm³/mol. The fourth-order valence-electron chi connectivity index (χ4n) is 1.64. The molecule has 0 spiro atoms. The average Bonchev–Trinajstić information content (AvgIpc) is 2.39. The van der Waals surface area contributed by atoms with E-state index in [9.17, 15) is 5.11 Å². The molecule has 100 valence electrons. The lowest BCUT2D eigenvalue weighted by atomic mass is 10.1. The Kier molecular flexibility index (Phi) is 4.86. The number of hydrogen-bond donors (Lipinski definition) is 1. The Morgan fingerprint density at radius 2 is 1.89 bits per heavy atom. The molecule has 0 aliphatic heterocycles. The molecule has 0 aromatic heterocycles. The monoisotopic (exact) mass is 340 g/mol. The molecule has 0 aliphatic carbocycles. The number of hydrogen-bond acceptors (Lipinski definition) is 2. The third-order valence-electron chi connectivity index (χ3n) is 2.75. The fraction of sp³-hybridized carbons (Fsp3) is 0.200. The molecule has 1 atom stereocenters. The van der Waals surface area contributed by atoms with Crippen molar-refractivity contribution < 1.29 is 9.84 Å². The van der Waals surface area contributed by atoms with Gasteiger partial charge in [-0.25, -0.2) is 0 Å². The molecular formula is C15H14BrClO2. The minimum atomic E-state index is -0.530. The molecule has 19 heavy (non-hydrogen) atoms. The number of halogens is 2. The number of benzene rings is 2. The van der Waals surface area contributed by atoms with Gasteiger partial charge in [-0.1, -0.05) is 45.7 Å². The predicted octanol–water partition coefficient (Wildman–Crippen LogP) is 4.73. The standard InChI is InChI=1S/C15H14BrClO2/c1-10(18)12-4-7-15(14(17)8-12)19-9-11-2-5-13(16)6-3-11/h2-8,10,18H,9H2,1H3/t10-/m1/s1. The fourth-order valence-corrected chi connectivity index (χ4v) is 2.14. The van der Waals surface area contributed by atoms with Crippen molar-refractivity contribution in [2.24, 2.45) is 0 Å². The first-order valence-corrected chi connectivity index (χ1v) is 7.08. The highest BCUT2D eigenvalue weighted by atomic mass is 79.9. The molecule has 4 heteroatoms. The van der Waals surface area contributed by atoms with Crippen LogP contribution in [0, 0.1) is 0 Å². The molecule has 0 saturated heterocycles. The summed E-state index contributed by atoms with van der Waals surface area (Å²) in [5.74, 6) is 0.619. The van der Waals surface area contributed by atoms with E-state index in [1.165, 1.54) is 0 Å². The number of aliphatic hydroxyl groups excluding tert-OH is 1. The Labute approximate surface area is 126 Å². The SMILES string of the molecule is C[C@@H](O)c1ccc(OCc2ccc(Br)cc2)c(Cl)c1. The van der Waals surface area contributed by atoms with E-state index in [4.69, 9.17) is 16.3 Å². The lowest BCUT2D eigenvalue weighted by Crippen LogP contribution is -1.97. The zero-order valence-corrected chi connectivity index (χ0v) is 12.8. The van der Waals surface area contributed by atoms with Gasteiger partial charge in [-0.05, 0) is 42.3 Å². The molecule has 0 amide bonds. The van der Waals surface area contributed by atoms with Crippen molar-refractivity contribution in [2.45, 2.75) is 19.6 Å². The zero-order chi connectivity index (χ0) is 13.8. The summed E-state index contributed by atoms with van der Waals surface area (Å²) >= 11 is 9.51. The van der Waals surface area contributed by atoms with Gasteiger partial charge in [0.05, 0.1) is 11.1 Å². The first-order chi connectivity index (χ1) is 9.06. The van der Waals surface area contributed by atoms with Crippen LogP contribution in [0.1, 0.15) is 24.2 Å². The topological polar surface area (TPSA) is 29.5 Å². The summed E-state index contributed by atoms with van der Waals surface area (Å²) in [6, 6.07) is 13.2. The normalized spacial score (nSPS) is 12.2. The summed E-state index contributed by atoms with van der Waals surface area (Å²) in [5, 5.41) is 9.98. The number of aliphatic hydroxyl groups is 1. The number of rotatable bonds is 4. The second kappa shape index (κ2) is 6.42. The van der Waals surface area contributed by atoms with Crippen molar-refractivity contribution in [1.82, 2.24) is 0 Å². The molecule has 1 N–H and O–H groups in total. The molecule has 0 bridgehead atoms. The number of ether oxygens (including phenoxy) is 1. The largest absolute Gasteiger partial charge is 0.487 e. The molecule has 0 aliphatic rings. The van der Waals surface area contributed by atoms with Gasteiger partial charge in [0.25, 0.3) is 0 Å². The van der Waals surface area contributed by atoms with Gasteiger partial charge in [0, 0.05) is 4.47 Å². The van der Waals surface area contributed by atoms with Crippen molar-refractivity contribution in [3.05, 3.63) is 63.1 Å². The third-order valence-corrected chi connectivity index (χ3v) is 3.57. The van der Waals surface area contributed by atoms with E-state index in [1.807, 2.05) is 30.3 Å². The molecular weight excluding hydrogens is 328 g/mol. The molecule has 2 rings (SSSR count). The second-order valence-electron chi connectivity index (χ2n) is 4.28. The van der Waals surface area contributed by atoms with Crippen LogP contribution in [0.5, 0.6) is 5.75 Å². The van der Waals surface area contributed by atoms with Gasteiger partial charge in [0.1, 0.15) is 12.4 Å². The average molecular weight is 342 g/mol. The van der Waals surface area contributed by atoms with Crippen molar-refractivity contribution >= 4 is 27.5 Å². The van der Waals surface area contributed by atoms with Crippen molar-refractivity contribution in [1.29, 1.82) is 0 Å². The van der Waals surface area contributed by atoms with Gasteiger partial charge in [0.2, 0.25) is 0 Å². The van der Waals surface area contributed by atoms with Gasteiger partial charge in [0.15, 0.2) is 0 Å². The van der Waals surface area contributed by atoms with Crippen LogP contribution in [0.25, 0.3) is 0 Å². The molecule has 2 nitrogen and oxygen atoms in total. The highest BCUT2D eigenvalue weighted by Gasteiger charge is 2.06. The first kappa shape index (κ1) is 14.4. The van der Waals surface area contributed by atoms with Gasteiger partial charge in [-0.3, -0.25) is 0 Å². The summed E-state index contributed by atoms with van der Waals surface area (Å²) in [6.07, 6.45) is -0.530. The second-order valence-corrected chi connectivity index (χ2v) is 5.60. The van der Waals surface area contributed by atoms with Crippen LogP contribution in [-0.4, -0.2) is 5.11 Å². The molecule has 0 heterocycles. The van der Waals surface area contributed by atoms with Crippen molar-refractivity contribution in [3.63, 3.8) is 0 Å². The summed E-state index contributed by atoms with van der Waals surface area (Å²) in [6.45, 7) is 2.16. The van der Waals surface area contributed by atoms with Crippen LogP contribution in [0.4, 0.5) is 0 Å². The molecule has 0 unspecified atom stereocenters. The highest BCUT2D eigenvalue weighted by molar-refractivity contribution is 9.10. The van der Waals surface area contributed by atoms with Gasteiger partial charge >= 0.3 is 0 Å². The molecule has 0 radical (unpaired) electrons. The third kappa shape index (κ3) is 3.96. The Balaban J connectivity index is 2.05. The van der Waals surface area contributed by atoms with Crippen LogP contribution in [0.15, 0.2) is 46.9 Å². The van der Waals surface area contributed by atoms with E-state index >= 15 is 0 Å². The minimum Gasteiger partial charge on any atom is -0.487 e. The molecule has 2 aromatic rings. The van der Waals surface area contributed by atoms with Crippen molar-refractivity contribution in [2.75, 3.05) is 0 Å². The van der Waals surface area contributed by atoms with Gasteiger partial charge in [-0.2, -0.15) is 0 Å². The Morgan fingerprint density at radius 1 is 1.21 bits per heavy atom. The minimum absolute atomic E-state index is 0.459. The molecule has 0 saturated carbocycles. The summed E-state index contributed by atoms with van der Waals surface area (Å²) in [4.78, 5) is 0. The van der Waals surface area contributed by atoms with E-state index < -0.39 is 6.10 Å². The van der Waals surface area contributed by atoms with E-state index in [0.717, 1.165) is 15.6 Å². The molecule has 2 aromatic carbocycles. The van der Waals surface area contributed by atoms with Crippen molar-refractivity contribution in [3.8, 4) is 5.75 Å². The summed E-state index contributed by atoms with van der Waals surface area (Å²) < 4.78 is 6.71. The summed E-state index contributed by atoms with van der Waals surface area (Å²) in [5.41, 5.74) is 1.85.